The van der Waals surface area contributed by atoms with Crippen molar-refractivity contribution in [2.24, 2.45) is 5.73 Å². The normalized spacial score (nSPS) is 18.2. The van der Waals surface area contributed by atoms with Gasteiger partial charge in [0.15, 0.2) is 0 Å². The Morgan fingerprint density at radius 1 is 1.35 bits per heavy atom. The van der Waals surface area contributed by atoms with Crippen molar-refractivity contribution in [3.63, 3.8) is 0 Å². The van der Waals surface area contributed by atoms with Crippen molar-refractivity contribution in [3.8, 4) is 0 Å². The number of aryl methyl sites for hydroxylation is 1. The highest BCUT2D eigenvalue weighted by atomic mass is 32.2. The lowest BCUT2D eigenvalue weighted by molar-refractivity contribution is 0.612. The third-order valence-electron chi connectivity index (χ3n) is 3.15. The van der Waals surface area contributed by atoms with Crippen LogP contribution >= 0.6 is 11.8 Å². The predicted molar refractivity (Wildman–Crippen MR) is 73.3 cm³/mol. The number of hydrogen-bond donors (Lipinski definition) is 1. The maximum absolute atomic E-state index is 13.6. The van der Waals surface area contributed by atoms with Crippen molar-refractivity contribution in [2.45, 2.75) is 19.9 Å². The van der Waals surface area contributed by atoms with Crippen LogP contribution in [0, 0.1) is 12.7 Å². The van der Waals surface area contributed by atoms with E-state index in [2.05, 4.69) is 4.90 Å². The molecule has 1 heterocycles. The first-order valence-corrected chi connectivity index (χ1v) is 7.13. The second-order valence-electron chi connectivity index (χ2n) is 4.55. The van der Waals surface area contributed by atoms with E-state index in [9.17, 15) is 4.39 Å². The number of thioether (sulfide) groups is 1. The number of hydrogen-bond acceptors (Lipinski definition) is 3. The Hall–Kier alpha value is -0.740. The molecule has 2 N–H and O–H groups in total. The van der Waals surface area contributed by atoms with Crippen LogP contribution in [0.25, 0.3) is 0 Å². The Labute approximate surface area is 106 Å². The van der Waals surface area contributed by atoms with E-state index in [1.807, 2.05) is 31.7 Å². The molecule has 0 unspecified atom stereocenters. The van der Waals surface area contributed by atoms with Crippen LogP contribution in [-0.2, 0) is 0 Å². The molecule has 1 aliphatic heterocycles. The molecule has 0 radical (unpaired) electrons. The van der Waals surface area contributed by atoms with Gasteiger partial charge in [0.05, 0.1) is 0 Å². The van der Waals surface area contributed by atoms with E-state index in [0.29, 0.717) is 5.56 Å². The smallest absolute Gasteiger partial charge is 0.126 e. The molecule has 4 heteroatoms. The standard InChI is InChI=1S/C13H19FN2S/c1-9-7-13(16-3-5-17-6-4-16)11(10(2)15)8-12(9)14/h7-8,10H,3-6,15H2,1-2H3/t10-/m1/s1. The molecule has 17 heavy (non-hydrogen) atoms. The minimum atomic E-state index is -0.160. The van der Waals surface area contributed by atoms with E-state index in [-0.39, 0.29) is 11.9 Å². The molecule has 1 fully saturated rings. The first-order chi connectivity index (χ1) is 8.09. The van der Waals surface area contributed by atoms with Crippen LogP contribution in [0.2, 0.25) is 0 Å². The number of anilines is 1. The van der Waals surface area contributed by atoms with Crippen molar-refractivity contribution in [1.29, 1.82) is 0 Å². The van der Waals surface area contributed by atoms with Gasteiger partial charge in [-0.3, -0.25) is 0 Å². The molecule has 0 aliphatic carbocycles. The van der Waals surface area contributed by atoms with Crippen molar-refractivity contribution in [1.82, 2.24) is 0 Å². The van der Waals surface area contributed by atoms with E-state index in [1.54, 1.807) is 6.07 Å². The van der Waals surface area contributed by atoms with Crippen molar-refractivity contribution >= 4 is 17.4 Å². The Morgan fingerprint density at radius 3 is 2.59 bits per heavy atom. The van der Waals surface area contributed by atoms with E-state index >= 15 is 0 Å². The Morgan fingerprint density at radius 2 is 2.00 bits per heavy atom. The molecule has 94 valence electrons. The molecule has 0 aromatic heterocycles. The highest BCUT2D eigenvalue weighted by molar-refractivity contribution is 7.99. The average Bonchev–Trinajstić information content (AvgIpc) is 2.33. The van der Waals surface area contributed by atoms with Crippen molar-refractivity contribution < 1.29 is 4.39 Å². The maximum atomic E-state index is 13.6. The first kappa shape index (κ1) is 12.7. The van der Waals surface area contributed by atoms with Gasteiger partial charge in [0.1, 0.15) is 5.82 Å². The largest absolute Gasteiger partial charge is 0.370 e. The van der Waals surface area contributed by atoms with Crippen molar-refractivity contribution in [3.05, 3.63) is 29.1 Å². The molecule has 0 saturated carbocycles. The molecule has 0 spiro atoms. The lowest BCUT2D eigenvalue weighted by Gasteiger charge is -2.31. The Bertz CT molecular complexity index is 401. The van der Waals surface area contributed by atoms with Crippen LogP contribution in [0.1, 0.15) is 24.1 Å². The molecule has 0 amide bonds. The van der Waals surface area contributed by atoms with Crippen LogP contribution in [0.3, 0.4) is 0 Å². The summed E-state index contributed by atoms with van der Waals surface area (Å²) in [6.45, 7) is 5.76. The van der Waals surface area contributed by atoms with E-state index in [0.717, 1.165) is 35.8 Å². The van der Waals surface area contributed by atoms with E-state index in [4.69, 9.17) is 5.73 Å². The number of nitrogens with two attached hydrogens (primary N) is 1. The van der Waals surface area contributed by atoms with Gasteiger partial charge in [0.2, 0.25) is 0 Å². The zero-order valence-corrected chi connectivity index (χ0v) is 11.2. The van der Waals surface area contributed by atoms with Gasteiger partial charge in [-0.15, -0.1) is 0 Å². The molecule has 0 bridgehead atoms. The summed E-state index contributed by atoms with van der Waals surface area (Å²) in [5.74, 6) is 2.11. The van der Waals surface area contributed by atoms with Gasteiger partial charge in [-0.2, -0.15) is 11.8 Å². The van der Waals surface area contributed by atoms with Crippen LogP contribution in [0.5, 0.6) is 0 Å². The van der Waals surface area contributed by atoms with Crippen LogP contribution < -0.4 is 10.6 Å². The third kappa shape index (κ3) is 2.75. The number of benzene rings is 1. The van der Waals surface area contributed by atoms with Gasteiger partial charge in [-0.25, -0.2) is 4.39 Å². The fourth-order valence-electron chi connectivity index (χ4n) is 2.12. The van der Waals surface area contributed by atoms with Gasteiger partial charge in [0.25, 0.3) is 0 Å². The fourth-order valence-corrected chi connectivity index (χ4v) is 3.03. The second-order valence-corrected chi connectivity index (χ2v) is 5.77. The van der Waals surface area contributed by atoms with Gasteiger partial charge in [-0.05, 0) is 37.1 Å². The molecule has 1 aromatic rings. The van der Waals surface area contributed by atoms with E-state index < -0.39 is 0 Å². The Balaban J connectivity index is 2.39. The zero-order valence-electron chi connectivity index (χ0n) is 10.4. The highest BCUT2D eigenvalue weighted by Crippen LogP contribution is 2.30. The number of nitrogens with zero attached hydrogens (tertiary/aromatic N) is 1. The van der Waals surface area contributed by atoms with Crippen molar-refractivity contribution in [2.75, 3.05) is 29.5 Å². The summed E-state index contributed by atoms with van der Waals surface area (Å²) in [6.07, 6.45) is 0. The van der Waals surface area contributed by atoms with Gasteiger partial charge < -0.3 is 10.6 Å². The fraction of sp³-hybridized carbons (Fsp3) is 0.538. The van der Waals surface area contributed by atoms with Gasteiger partial charge in [0, 0.05) is 36.3 Å². The summed E-state index contributed by atoms with van der Waals surface area (Å²) >= 11 is 1.97. The maximum Gasteiger partial charge on any atom is 0.126 e. The summed E-state index contributed by atoms with van der Waals surface area (Å²) in [4.78, 5) is 2.32. The molecule has 1 atom stereocenters. The lowest BCUT2D eigenvalue weighted by atomic mass is 10.0. The number of halogens is 1. The summed E-state index contributed by atoms with van der Waals surface area (Å²) in [5, 5.41) is 0. The zero-order chi connectivity index (χ0) is 12.4. The minimum absolute atomic E-state index is 0.130. The number of rotatable bonds is 2. The molecule has 1 aliphatic rings. The monoisotopic (exact) mass is 254 g/mol. The highest BCUT2D eigenvalue weighted by Gasteiger charge is 2.18. The second kappa shape index (κ2) is 5.27. The first-order valence-electron chi connectivity index (χ1n) is 5.98. The predicted octanol–water partition coefficient (Wildman–Crippen LogP) is 2.71. The van der Waals surface area contributed by atoms with Crippen LogP contribution in [0.4, 0.5) is 10.1 Å². The Kier molecular flexibility index (Phi) is 3.94. The minimum Gasteiger partial charge on any atom is -0.370 e. The summed E-state index contributed by atoms with van der Waals surface area (Å²) < 4.78 is 13.6. The lowest BCUT2D eigenvalue weighted by Crippen LogP contribution is -2.33. The van der Waals surface area contributed by atoms with E-state index in [1.165, 1.54) is 0 Å². The topological polar surface area (TPSA) is 29.3 Å². The summed E-state index contributed by atoms with van der Waals surface area (Å²) in [5.41, 5.74) is 8.67. The molecule has 2 nitrogen and oxygen atoms in total. The SMILES string of the molecule is Cc1cc(N2CCSCC2)c([C@@H](C)N)cc1F. The van der Waals surface area contributed by atoms with Gasteiger partial charge in [-0.1, -0.05) is 0 Å². The molecule has 2 rings (SSSR count). The average molecular weight is 254 g/mol. The summed E-state index contributed by atoms with van der Waals surface area (Å²) in [7, 11) is 0. The molecular weight excluding hydrogens is 235 g/mol. The van der Waals surface area contributed by atoms with Gasteiger partial charge >= 0.3 is 0 Å². The summed E-state index contributed by atoms with van der Waals surface area (Å²) in [6, 6.07) is 3.40. The third-order valence-corrected chi connectivity index (χ3v) is 4.09. The molecule has 1 aromatic carbocycles. The van der Waals surface area contributed by atoms with Crippen LogP contribution in [-0.4, -0.2) is 24.6 Å². The molecule has 1 saturated heterocycles. The molecular formula is C13H19FN2S. The van der Waals surface area contributed by atoms with Crippen LogP contribution in [0.15, 0.2) is 12.1 Å². The quantitative estimate of drug-likeness (QED) is 0.880.